The Labute approximate surface area is 233 Å². The molecule has 2 aromatic heterocycles. The maximum atomic E-state index is 13.8. The molecule has 0 spiro atoms. The van der Waals surface area contributed by atoms with Crippen LogP contribution in [0.25, 0.3) is 17.1 Å². The van der Waals surface area contributed by atoms with Crippen molar-refractivity contribution in [2.45, 2.75) is 46.5 Å². The average Bonchev–Trinajstić information content (AvgIpc) is 2.97. The van der Waals surface area contributed by atoms with Gasteiger partial charge in [0.1, 0.15) is 19.0 Å². The fourth-order valence-electron chi connectivity index (χ4n) is 4.37. The molecule has 2 heterocycles. The van der Waals surface area contributed by atoms with Gasteiger partial charge in [-0.25, -0.2) is 19.5 Å². The Kier molecular flexibility index (Phi) is 9.36. The van der Waals surface area contributed by atoms with Gasteiger partial charge in [-0.3, -0.25) is 9.59 Å². The molecule has 0 aliphatic carbocycles. The molecule has 2 aromatic carbocycles. The first-order valence-corrected chi connectivity index (χ1v) is 13.2. The van der Waals surface area contributed by atoms with Gasteiger partial charge in [-0.1, -0.05) is 55.8 Å². The van der Waals surface area contributed by atoms with Crippen LogP contribution in [0.3, 0.4) is 0 Å². The lowest BCUT2D eigenvalue weighted by molar-refractivity contribution is -0.141. The maximum absolute atomic E-state index is 13.8. The van der Waals surface area contributed by atoms with Crippen LogP contribution < -0.4 is 10.3 Å². The molecular weight excluding hydrogens is 506 g/mol. The molecule has 0 radical (unpaired) electrons. The molecule has 0 aliphatic heterocycles. The van der Waals surface area contributed by atoms with E-state index in [0.717, 1.165) is 35.2 Å². The number of carbonyl (C=O) groups excluding carboxylic acids is 1. The second kappa shape index (κ2) is 13.3. The smallest absolute Gasteiger partial charge is 0.302 e. The summed E-state index contributed by atoms with van der Waals surface area (Å²) in [6.07, 6.45) is 5.96. The van der Waals surface area contributed by atoms with Crippen LogP contribution in [0.5, 0.6) is 5.75 Å². The van der Waals surface area contributed by atoms with Crippen molar-refractivity contribution in [1.82, 2.24) is 19.5 Å². The van der Waals surface area contributed by atoms with E-state index in [2.05, 4.69) is 23.0 Å². The number of hydrogen-bond acceptors (Lipinski definition) is 8. The summed E-state index contributed by atoms with van der Waals surface area (Å²) < 4.78 is 11.8. The minimum Gasteiger partial charge on any atom is -0.487 e. The van der Waals surface area contributed by atoms with Crippen molar-refractivity contribution < 1.29 is 14.3 Å². The van der Waals surface area contributed by atoms with Gasteiger partial charge in [-0.15, -0.1) is 0 Å². The van der Waals surface area contributed by atoms with Crippen molar-refractivity contribution in [1.29, 1.82) is 5.26 Å². The number of unbranched alkanes of at least 4 members (excludes halogenated alkanes) is 1. The predicted octanol–water partition coefficient (Wildman–Crippen LogP) is 4.74. The molecule has 9 nitrogen and oxygen atoms in total. The standard InChI is InChI=1S/C31H31N5O4/c1-4-5-10-29-28(17-23-11-13-24(14-12-23)27-9-7-6-8-25(27)18-32)30(38)36(21(2)35-29)31-33-19-26(20-34-31)40-16-15-39-22(3)37/h6-9,11-14,19-20H,4-5,10,15-17H2,1-3H3. The zero-order valence-corrected chi connectivity index (χ0v) is 22.9. The Balaban J connectivity index is 1.62. The minimum atomic E-state index is -0.379. The van der Waals surface area contributed by atoms with E-state index in [0.29, 0.717) is 35.5 Å². The topological polar surface area (TPSA) is 120 Å². The van der Waals surface area contributed by atoms with Crippen LogP contribution in [-0.2, 0) is 22.4 Å². The molecule has 0 amide bonds. The number of aromatic nitrogens is 4. The van der Waals surface area contributed by atoms with Gasteiger partial charge in [0.2, 0.25) is 5.95 Å². The number of ether oxygens (including phenoxy) is 2. The molecule has 0 N–H and O–H groups in total. The van der Waals surface area contributed by atoms with E-state index in [9.17, 15) is 14.9 Å². The first-order chi connectivity index (χ1) is 19.4. The molecule has 9 heteroatoms. The Hall–Kier alpha value is -4.84. The summed E-state index contributed by atoms with van der Waals surface area (Å²) in [7, 11) is 0. The van der Waals surface area contributed by atoms with E-state index in [1.165, 1.54) is 23.9 Å². The van der Waals surface area contributed by atoms with Crippen LogP contribution >= 0.6 is 0 Å². The molecule has 204 valence electrons. The van der Waals surface area contributed by atoms with E-state index in [-0.39, 0.29) is 30.7 Å². The maximum Gasteiger partial charge on any atom is 0.302 e. The number of nitrogens with zero attached hydrogens (tertiary/aromatic N) is 5. The highest BCUT2D eigenvalue weighted by Crippen LogP contribution is 2.24. The van der Waals surface area contributed by atoms with Crippen molar-refractivity contribution in [2.24, 2.45) is 0 Å². The van der Waals surface area contributed by atoms with Gasteiger partial charge in [-0.2, -0.15) is 5.26 Å². The van der Waals surface area contributed by atoms with E-state index in [4.69, 9.17) is 14.5 Å². The first kappa shape index (κ1) is 28.2. The highest BCUT2D eigenvalue weighted by molar-refractivity contribution is 5.70. The van der Waals surface area contributed by atoms with Gasteiger partial charge in [0.05, 0.1) is 29.7 Å². The second-order valence-electron chi connectivity index (χ2n) is 9.27. The molecule has 4 aromatic rings. The third-order valence-electron chi connectivity index (χ3n) is 6.36. The van der Waals surface area contributed by atoms with Crippen molar-refractivity contribution in [3.8, 4) is 28.9 Å². The van der Waals surface area contributed by atoms with Crippen molar-refractivity contribution in [3.05, 3.63) is 99.5 Å². The lowest BCUT2D eigenvalue weighted by Gasteiger charge is -2.15. The summed E-state index contributed by atoms with van der Waals surface area (Å²) in [5.74, 6) is 0.726. The van der Waals surface area contributed by atoms with Crippen LogP contribution in [0.2, 0.25) is 0 Å². The normalized spacial score (nSPS) is 10.7. The number of benzene rings is 2. The number of rotatable bonds is 11. The summed E-state index contributed by atoms with van der Waals surface area (Å²) in [5, 5.41) is 9.46. The van der Waals surface area contributed by atoms with Crippen molar-refractivity contribution in [2.75, 3.05) is 13.2 Å². The van der Waals surface area contributed by atoms with Gasteiger partial charge in [-0.05, 0) is 42.5 Å². The van der Waals surface area contributed by atoms with Crippen LogP contribution in [0.15, 0.2) is 65.7 Å². The molecule has 0 fully saturated rings. The summed E-state index contributed by atoms with van der Waals surface area (Å²) in [6.45, 7) is 5.50. The number of esters is 1. The van der Waals surface area contributed by atoms with Crippen LogP contribution in [-0.4, -0.2) is 38.7 Å². The third-order valence-corrected chi connectivity index (χ3v) is 6.36. The molecule has 0 saturated heterocycles. The number of carbonyl (C=O) groups is 1. The number of nitriles is 1. The lowest BCUT2D eigenvalue weighted by atomic mass is 9.97. The van der Waals surface area contributed by atoms with Gasteiger partial charge in [0, 0.05) is 18.9 Å². The molecule has 0 bridgehead atoms. The summed E-state index contributed by atoms with van der Waals surface area (Å²) in [6, 6.07) is 17.6. The van der Waals surface area contributed by atoms with Crippen molar-refractivity contribution >= 4 is 5.97 Å². The quantitative estimate of drug-likeness (QED) is 0.199. The molecule has 0 atom stereocenters. The average molecular weight is 538 g/mol. The zero-order valence-electron chi connectivity index (χ0n) is 22.9. The summed E-state index contributed by atoms with van der Waals surface area (Å²) >= 11 is 0. The van der Waals surface area contributed by atoms with Crippen molar-refractivity contribution in [3.63, 3.8) is 0 Å². The lowest BCUT2D eigenvalue weighted by Crippen LogP contribution is -2.29. The fraction of sp³-hybridized carbons (Fsp3) is 0.290. The molecular formula is C31H31N5O4. The predicted molar refractivity (Wildman–Crippen MR) is 150 cm³/mol. The van der Waals surface area contributed by atoms with E-state index in [1.54, 1.807) is 13.0 Å². The molecule has 0 saturated carbocycles. The van der Waals surface area contributed by atoms with E-state index in [1.807, 2.05) is 42.5 Å². The Bertz CT molecular complexity index is 1570. The Morgan fingerprint density at radius 1 is 1.05 bits per heavy atom. The van der Waals surface area contributed by atoms with Crippen LogP contribution in [0, 0.1) is 18.3 Å². The van der Waals surface area contributed by atoms with E-state index < -0.39 is 0 Å². The fourth-order valence-corrected chi connectivity index (χ4v) is 4.37. The minimum absolute atomic E-state index is 0.119. The molecule has 40 heavy (non-hydrogen) atoms. The third kappa shape index (κ3) is 6.77. The van der Waals surface area contributed by atoms with Crippen LogP contribution in [0.4, 0.5) is 0 Å². The molecule has 0 unspecified atom stereocenters. The second-order valence-corrected chi connectivity index (χ2v) is 9.27. The van der Waals surface area contributed by atoms with Gasteiger partial charge < -0.3 is 9.47 Å². The van der Waals surface area contributed by atoms with E-state index >= 15 is 0 Å². The van der Waals surface area contributed by atoms with Gasteiger partial charge in [0.15, 0.2) is 5.75 Å². The Morgan fingerprint density at radius 3 is 2.45 bits per heavy atom. The monoisotopic (exact) mass is 537 g/mol. The zero-order chi connectivity index (χ0) is 28.5. The Morgan fingerprint density at radius 2 is 1.77 bits per heavy atom. The first-order valence-electron chi connectivity index (χ1n) is 13.2. The number of hydrogen-bond donors (Lipinski definition) is 0. The summed E-state index contributed by atoms with van der Waals surface area (Å²) in [4.78, 5) is 38.2. The summed E-state index contributed by atoms with van der Waals surface area (Å²) in [5.41, 5.74) is 4.57. The molecule has 4 rings (SSSR count). The highest BCUT2D eigenvalue weighted by atomic mass is 16.6. The molecule has 0 aliphatic rings. The van der Waals surface area contributed by atoms with Gasteiger partial charge >= 0.3 is 5.97 Å². The number of aryl methyl sites for hydroxylation is 2. The highest BCUT2D eigenvalue weighted by Gasteiger charge is 2.18. The SMILES string of the molecule is CCCCc1nc(C)n(-c2ncc(OCCOC(C)=O)cn2)c(=O)c1Cc1ccc(-c2ccccc2C#N)cc1. The van der Waals surface area contributed by atoms with Crippen LogP contribution in [0.1, 0.15) is 54.9 Å². The van der Waals surface area contributed by atoms with Gasteiger partial charge in [0.25, 0.3) is 5.56 Å². The largest absolute Gasteiger partial charge is 0.487 e.